The van der Waals surface area contributed by atoms with E-state index in [1.807, 2.05) is 43.3 Å². The van der Waals surface area contributed by atoms with E-state index in [4.69, 9.17) is 10.8 Å². The zero-order valence-electron chi connectivity index (χ0n) is 22.8. The summed E-state index contributed by atoms with van der Waals surface area (Å²) in [6, 6.07) is 22.9. The third kappa shape index (κ3) is 5.36. The number of nitrogens with zero attached hydrogens (tertiary/aromatic N) is 5. The maximum Gasteiger partial charge on any atom is 0.282 e. The highest BCUT2D eigenvalue weighted by atomic mass is 32.2. The minimum atomic E-state index is -3.93. The van der Waals surface area contributed by atoms with Crippen LogP contribution in [0.4, 0.5) is 17.3 Å². The maximum atomic E-state index is 13.6. The summed E-state index contributed by atoms with van der Waals surface area (Å²) in [5.41, 5.74) is 9.32. The third-order valence-corrected chi connectivity index (χ3v) is 8.21. The molecule has 0 saturated heterocycles. The third-order valence-electron chi connectivity index (χ3n) is 6.81. The highest BCUT2D eigenvalue weighted by Crippen LogP contribution is 2.33. The first kappa shape index (κ1) is 27.5. The van der Waals surface area contributed by atoms with Gasteiger partial charge in [-0.05, 0) is 72.6 Å². The van der Waals surface area contributed by atoms with Gasteiger partial charge in [0.25, 0.3) is 15.6 Å². The van der Waals surface area contributed by atoms with Gasteiger partial charge in [0.05, 0.1) is 22.7 Å². The Bertz CT molecular complexity index is 2130. The number of phenols is 1. The predicted molar refractivity (Wildman–Crippen MR) is 164 cm³/mol. The van der Waals surface area contributed by atoms with Crippen LogP contribution in [-0.2, 0) is 16.6 Å². The number of sulfonamides is 1. The van der Waals surface area contributed by atoms with Crippen LogP contribution < -0.4 is 21.3 Å². The zero-order chi connectivity index (χ0) is 30.1. The van der Waals surface area contributed by atoms with E-state index in [0.29, 0.717) is 34.0 Å². The summed E-state index contributed by atoms with van der Waals surface area (Å²) in [5.74, 6) is 0.919. The summed E-state index contributed by atoms with van der Waals surface area (Å²) in [5, 5.41) is 17.5. The molecule has 0 aliphatic rings. The fourth-order valence-corrected chi connectivity index (χ4v) is 5.82. The highest BCUT2D eigenvalue weighted by Gasteiger charge is 2.19. The van der Waals surface area contributed by atoms with Crippen LogP contribution in [0.5, 0.6) is 5.75 Å². The lowest BCUT2D eigenvalue weighted by molar-refractivity contribution is 0.475. The van der Waals surface area contributed by atoms with Gasteiger partial charge in [0.1, 0.15) is 29.2 Å². The van der Waals surface area contributed by atoms with Crippen LogP contribution in [0.25, 0.3) is 22.3 Å². The van der Waals surface area contributed by atoms with Crippen molar-refractivity contribution < 1.29 is 13.5 Å². The maximum absolute atomic E-state index is 13.6. The van der Waals surface area contributed by atoms with Crippen LogP contribution >= 0.6 is 0 Å². The molecule has 3 heterocycles. The SMILES string of the molecule is Cc1ccn2nc(CNc3ncnc(N)c3-c3cccc(NS(=O)(=O)c4ccc(O)cc4)c3)n(-c3ccccc3)c(=O)c12. The fourth-order valence-electron chi connectivity index (χ4n) is 4.77. The van der Waals surface area contributed by atoms with Crippen LogP contribution in [0, 0.1) is 6.92 Å². The molecule has 5 N–H and O–H groups in total. The normalized spacial score (nSPS) is 11.5. The fraction of sp³-hybridized carbons (Fsp3) is 0.0667. The van der Waals surface area contributed by atoms with Gasteiger partial charge in [0, 0.05) is 11.9 Å². The lowest BCUT2D eigenvalue weighted by Crippen LogP contribution is -2.28. The number of hydrogen-bond donors (Lipinski definition) is 4. The monoisotopic (exact) mass is 594 g/mol. The molecule has 3 aromatic carbocycles. The molecule has 3 aromatic heterocycles. The molecule has 0 amide bonds. The Hall–Kier alpha value is -5.69. The first-order valence-corrected chi connectivity index (χ1v) is 14.6. The van der Waals surface area contributed by atoms with E-state index in [2.05, 4.69) is 20.0 Å². The van der Waals surface area contributed by atoms with Crippen LogP contribution in [0.1, 0.15) is 11.4 Å². The van der Waals surface area contributed by atoms with Crippen molar-refractivity contribution in [2.75, 3.05) is 15.8 Å². The van der Waals surface area contributed by atoms with Crippen molar-refractivity contribution in [2.24, 2.45) is 0 Å². The van der Waals surface area contributed by atoms with Crippen molar-refractivity contribution in [3.63, 3.8) is 0 Å². The molecular weight excluding hydrogens is 568 g/mol. The summed E-state index contributed by atoms with van der Waals surface area (Å²) in [6.45, 7) is 1.97. The first-order valence-electron chi connectivity index (χ1n) is 13.1. The van der Waals surface area contributed by atoms with Gasteiger partial charge in [-0.1, -0.05) is 30.3 Å². The van der Waals surface area contributed by atoms with Gasteiger partial charge >= 0.3 is 0 Å². The van der Waals surface area contributed by atoms with E-state index in [0.717, 1.165) is 5.56 Å². The van der Waals surface area contributed by atoms with Gasteiger partial charge < -0.3 is 16.2 Å². The van der Waals surface area contributed by atoms with E-state index in [1.54, 1.807) is 39.5 Å². The lowest BCUT2D eigenvalue weighted by atomic mass is 10.1. The number of benzene rings is 3. The van der Waals surface area contributed by atoms with E-state index >= 15 is 0 Å². The Kier molecular flexibility index (Phi) is 7.00. The van der Waals surface area contributed by atoms with Gasteiger partial charge in [-0.15, -0.1) is 0 Å². The Labute approximate surface area is 246 Å². The van der Waals surface area contributed by atoms with E-state index < -0.39 is 10.0 Å². The van der Waals surface area contributed by atoms with Crippen molar-refractivity contribution in [3.8, 4) is 22.6 Å². The number of rotatable bonds is 8. The number of nitrogens with one attached hydrogen (secondary N) is 2. The van der Waals surface area contributed by atoms with Gasteiger partial charge in [-0.2, -0.15) is 5.10 Å². The van der Waals surface area contributed by atoms with Crippen molar-refractivity contribution in [1.82, 2.24) is 24.1 Å². The topological polar surface area (TPSA) is 170 Å². The van der Waals surface area contributed by atoms with Crippen molar-refractivity contribution in [2.45, 2.75) is 18.4 Å². The average molecular weight is 595 g/mol. The Morgan fingerprint density at radius 2 is 1.72 bits per heavy atom. The standard InChI is InChI=1S/C30H26N8O4S/c1-19-14-15-37-27(19)30(40)38(22-8-3-2-4-9-22)25(35-37)17-32-29-26(28(31)33-18-34-29)20-6-5-7-21(16-20)36-43(41,42)24-12-10-23(39)11-13-24/h2-16,18,36,39H,17H2,1H3,(H3,31,32,33,34). The number of aromatic hydroxyl groups is 1. The van der Waals surface area contributed by atoms with E-state index in [1.165, 1.54) is 30.6 Å². The quantitative estimate of drug-likeness (QED) is 0.204. The zero-order valence-corrected chi connectivity index (χ0v) is 23.7. The van der Waals surface area contributed by atoms with Crippen LogP contribution in [0.3, 0.4) is 0 Å². The molecule has 0 saturated carbocycles. The van der Waals surface area contributed by atoms with E-state index in [-0.39, 0.29) is 34.3 Å². The number of hydrogen-bond acceptors (Lipinski definition) is 9. The molecule has 0 unspecified atom stereocenters. The highest BCUT2D eigenvalue weighted by molar-refractivity contribution is 7.92. The minimum absolute atomic E-state index is 0.00700. The molecule has 43 heavy (non-hydrogen) atoms. The predicted octanol–water partition coefficient (Wildman–Crippen LogP) is 3.95. The molecular formula is C30H26N8O4S. The molecule has 13 heteroatoms. The largest absolute Gasteiger partial charge is 0.508 e. The Morgan fingerprint density at radius 1 is 0.953 bits per heavy atom. The first-order chi connectivity index (χ1) is 20.7. The van der Waals surface area contributed by atoms with Gasteiger partial charge in [0.2, 0.25) is 0 Å². The molecule has 6 rings (SSSR count). The second-order valence-electron chi connectivity index (χ2n) is 9.70. The number of para-hydroxylation sites is 1. The summed E-state index contributed by atoms with van der Waals surface area (Å²) in [7, 11) is -3.93. The lowest BCUT2D eigenvalue weighted by Gasteiger charge is -2.16. The summed E-state index contributed by atoms with van der Waals surface area (Å²) >= 11 is 0. The molecule has 216 valence electrons. The summed E-state index contributed by atoms with van der Waals surface area (Å²) in [6.07, 6.45) is 3.05. The van der Waals surface area contributed by atoms with E-state index in [9.17, 15) is 18.3 Å². The Morgan fingerprint density at radius 3 is 2.49 bits per heavy atom. The molecule has 0 bridgehead atoms. The Balaban J connectivity index is 1.35. The van der Waals surface area contributed by atoms with Crippen LogP contribution in [0.15, 0.2) is 107 Å². The van der Waals surface area contributed by atoms with Crippen LogP contribution in [-0.4, -0.2) is 37.7 Å². The number of phenolic OH excluding ortho intramolecular Hbond substituents is 1. The molecule has 6 aromatic rings. The van der Waals surface area contributed by atoms with Crippen molar-refractivity contribution in [1.29, 1.82) is 0 Å². The number of aryl methyl sites for hydroxylation is 1. The average Bonchev–Trinajstić information content (AvgIpc) is 3.37. The molecule has 0 aliphatic heterocycles. The molecule has 0 fully saturated rings. The molecule has 0 aliphatic carbocycles. The second kappa shape index (κ2) is 10.9. The van der Waals surface area contributed by atoms with Gasteiger partial charge in [-0.25, -0.2) is 22.9 Å². The van der Waals surface area contributed by atoms with Gasteiger partial charge in [-0.3, -0.25) is 14.1 Å². The number of aromatic nitrogens is 5. The summed E-state index contributed by atoms with van der Waals surface area (Å²) in [4.78, 5) is 22.1. The van der Waals surface area contributed by atoms with Gasteiger partial charge in [0.15, 0.2) is 5.82 Å². The molecule has 12 nitrogen and oxygen atoms in total. The smallest absolute Gasteiger partial charge is 0.282 e. The van der Waals surface area contributed by atoms with Crippen molar-refractivity contribution >= 4 is 32.9 Å². The molecule has 0 spiro atoms. The van der Waals surface area contributed by atoms with Crippen LogP contribution in [0.2, 0.25) is 0 Å². The number of nitrogen functional groups attached to an aromatic ring is 1. The minimum Gasteiger partial charge on any atom is -0.508 e. The number of fused-ring (bicyclic) bond motifs is 1. The number of nitrogens with two attached hydrogens (primary N) is 1. The van der Waals surface area contributed by atoms with Crippen molar-refractivity contribution in [3.05, 3.63) is 119 Å². The molecule has 0 atom stereocenters. The summed E-state index contributed by atoms with van der Waals surface area (Å²) < 4.78 is 31.5. The second-order valence-corrected chi connectivity index (χ2v) is 11.4. The number of anilines is 3. The molecule has 0 radical (unpaired) electrons.